The Morgan fingerprint density at radius 3 is 2.36 bits per heavy atom. The standard InChI is InChI=1S/C19H15Cl2NO4S2/c1-24-14-7-4-10(16(25-2)17(14)26-3)8-15-18(23)22(19(27)28-15)13-6-5-11(20)9-12(13)21/h4-9H,1-3H3/b15-8-. The number of anilines is 1. The highest BCUT2D eigenvalue weighted by Crippen LogP contribution is 2.44. The molecule has 1 aliphatic heterocycles. The Morgan fingerprint density at radius 2 is 1.75 bits per heavy atom. The maximum atomic E-state index is 13.0. The maximum Gasteiger partial charge on any atom is 0.270 e. The Bertz CT molecular complexity index is 994. The van der Waals surface area contributed by atoms with Crippen LogP contribution in [-0.2, 0) is 4.79 Å². The van der Waals surface area contributed by atoms with Gasteiger partial charge in [-0.15, -0.1) is 0 Å². The lowest BCUT2D eigenvalue weighted by molar-refractivity contribution is -0.113. The molecule has 0 atom stereocenters. The van der Waals surface area contributed by atoms with Crippen molar-refractivity contribution < 1.29 is 19.0 Å². The van der Waals surface area contributed by atoms with E-state index in [1.165, 1.54) is 38.0 Å². The van der Waals surface area contributed by atoms with Crippen molar-refractivity contribution in [3.8, 4) is 17.2 Å². The summed E-state index contributed by atoms with van der Waals surface area (Å²) in [7, 11) is 4.58. The molecular weight excluding hydrogens is 441 g/mol. The second kappa shape index (κ2) is 8.61. The first kappa shape index (κ1) is 20.8. The monoisotopic (exact) mass is 455 g/mol. The number of hydrogen-bond donors (Lipinski definition) is 0. The molecule has 0 aliphatic carbocycles. The van der Waals surface area contributed by atoms with Gasteiger partial charge in [0, 0.05) is 10.6 Å². The van der Waals surface area contributed by atoms with Gasteiger partial charge >= 0.3 is 0 Å². The summed E-state index contributed by atoms with van der Waals surface area (Å²) in [5.41, 5.74) is 1.14. The van der Waals surface area contributed by atoms with Gasteiger partial charge in [-0.2, -0.15) is 0 Å². The molecule has 0 spiro atoms. The van der Waals surface area contributed by atoms with Gasteiger partial charge in [0.05, 0.1) is 36.9 Å². The zero-order valence-electron chi connectivity index (χ0n) is 15.1. The summed E-state index contributed by atoms with van der Waals surface area (Å²) in [4.78, 5) is 14.8. The van der Waals surface area contributed by atoms with Crippen molar-refractivity contribution in [3.05, 3.63) is 50.8 Å². The van der Waals surface area contributed by atoms with Gasteiger partial charge in [0.15, 0.2) is 15.8 Å². The predicted molar refractivity (Wildman–Crippen MR) is 118 cm³/mol. The Labute approximate surface area is 182 Å². The fraction of sp³-hybridized carbons (Fsp3) is 0.158. The summed E-state index contributed by atoms with van der Waals surface area (Å²) < 4.78 is 16.5. The first-order valence-corrected chi connectivity index (χ1v) is 9.91. The number of benzene rings is 2. The van der Waals surface area contributed by atoms with Crippen molar-refractivity contribution in [2.75, 3.05) is 26.2 Å². The molecule has 2 aromatic rings. The molecule has 1 fully saturated rings. The normalized spacial score (nSPS) is 15.3. The molecule has 1 aliphatic rings. The van der Waals surface area contributed by atoms with Crippen LogP contribution in [0.2, 0.25) is 10.0 Å². The topological polar surface area (TPSA) is 48.0 Å². The number of thiocarbonyl (C=S) groups is 1. The molecular formula is C19H15Cl2NO4S2. The van der Waals surface area contributed by atoms with Crippen LogP contribution in [0, 0.1) is 0 Å². The highest BCUT2D eigenvalue weighted by atomic mass is 35.5. The van der Waals surface area contributed by atoms with Crippen LogP contribution in [0.1, 0.15) is 5.56 Å². The molecule has 146 valence electrons. The number of methoxy groups -OCH3 is 3. The molecule has 9 heteroatoms. The van der Waals surface area contributed by atoms with Gasteiger partial charge in [-0.1, -0.05) is 47.2 Å². The van der Waals surface area contributed by atoms with E-state index in [2.05, 4.69) is 0 Å². The summed E-state index contributed by atoms with van der Waals surface area (Å²) in [6.07, 6.45) is 1.70. The van der Waals surface area contributed by atoms with Crippen LogP contribution < -0.4 is 19.1 Å². The fourth-order valence-electron chi connectivity index (χ4n) is 2.72. The number of ether oxygens (including phenoxy) is 3. The Kier molecular flexibility index (Phi) is 6.40. The molecule has 0 N–H and O–H groups in total. The van der Waals surface area contributed by atoms with Crippen molar-refractivity contribution >= 4 is 69.2 Å². The fourth-order valence-corrected chi connectivity index (χ4v) is 4.49. The molecule has 2 aromatic carbocycles. The van der Waals surface area contributed by atoms with Crippen LogP contribution in [0.15, 0.2) is 35.2 Å². The molecule has 3 rings (SSSR count). The smallest absolute Gasteiger partial charge is 0.270 e. The number of amides is 1. The number of carbonyl (C=O) groups excluding carboxylic acids is 1. The highest BCUT2D eigenvalue weighted by molar-refractivity contribution is 8.27. The van der Waals surface area contributed by atoms with E-state index in [4.69, 9.17) is 49.6 Å². The minimum Gasteiger partial charge on any atom is -0.493 e. The Morgan fingerprint density at radius 1 is 1.04 bits per heavy atom. The summed E-state index contributed by atoms with van der Waals surface area (Å²) in [5, 5.41) is 0.818. The number of nitrogens with zero attached hydrogens (tertiary/aromatic N) is 1. The first-order valence-electron chi connectivity index (χ1n) is 7.93. The van der Waals surface area contributed by atoms with Gasteiger partial charge in [-0.25, -0.2) is 0 Å². The van der Waals surface area contributed by atoms with E-state index in [-0.39, 0.29) is 5.91 Å². The third kappa shape index (κ3) is 3.80. The zero-order valence-corrected chi connectivity index (χ0v) is 18.3. The number of halogens is 2. The van der Waals surface area contributed by atoms with E-state index in [1.807, 2.05) is 0 Å². The Balaban J connectivity index is 2.03. The van der Waals surface area contributed by atoms with Gasteiger partial charge in [0.1, 0.15) is 0 Å². The summed E-state index contributed by atoms with van der Waals surface area (Å²) in [6, 6.07) is 8.40. The lowest BCUT2D eigenvalue weighted by atomic mass is 10.1. The first-order chi connectivity index (χ1) is 13.4. The average Bonchev–Trinajstić information content (AvgIpc) is 2.94. The number of carbonyl (C=O) groups is 1. The van der Waals surface area contributed by atoms with Gasteiger partial charge in [0.2, 0.25) is 5.75 Å². The van der Waals surface area contributed by atoms with E-state index in [0.29, 0.717) is 47.8 Å². The van der Waals surface area contributed by atoms with Crippen LogP contribution in [-0.4, -0.2) is 31.6 Å². The lowest BCUT2D eigenvalue weighted by Crippen LogP contribution is -2.27. The van der Waals surface area contributed by atoms with Gasteiger partial charge in [-0.05, 0) is 36.4 Å². The third-order valence-corrected chi connectivity index (χ3v) is 5.81. The van der Waals surface area contributed by atoms with E-state index >= 15 is 0 Å². The van der Waals surface area contributed by atoms with Crippen LogP contribution in [0.5, 0.6) is 17.2 Å². The molecule has 28 heavy (non-hydrogen) atoms. The average molecular weight is 456 g/mol. The van der Waals surface area contributed by atoms with Crippen LogP contribution in [0.25, 0.3) is 6.08 Å². The van der Waals surface area contributed by atoms with Crippen molar-refractivity contribution in [1.82, 2.24) is 0 Å². The van der Waals surface area contributed by atoms with Gasteiger partial charge in [-0.3, -0.25) is 9.69 Å². The van der Waals surface area contributed by atoms with Crippen molar-refractivity contribution in [3.63, 3.8) is 0 Å². The van der Waals surface area contributed by atoms with Crippen molar-refractivity contribution in [2.24, 2.45) is 0 Å². The molecule has 0 aromatic heterocycles. The summed E-state index contributed by atoms with van der Waals surface area (Å²) in [5.74, 6) is 1.14. The van der Waals surface area contributed by atoms with E-state index in [9.17, 15) is 4.79 Å². The minimum absolute atomic E-state index is 0.281. The molecule has 0 unspecified atom stereocenters. The maximum absolute atomic E-state index is 13.0. The number of rotatable bonds is 5. The van der Waals surface area contributed by atoms with Crippen LogP contribution in [0.3, 0.4) is 0 Å². The molecule has 0 bridgehead atoms. The minimum atomic E-state index is -0.281. The second-order valence-electron chi connectivity index (χ2n) is 5.54. The molecule has 0 saturated carbocycles. The van der Waals surface area contributed by atoms with Crippen molar-refractivity contribution in [2.45, 2.75) is 0 Å². The quantitative estimate of drug-likeness (QED) is 0.442. The molecule has 5 nitrogen and oxygen atoms in total. The molecule has 1 amide bonds. The lowest BCUT2D eigenvalue weighted by Gasteiger charge is -2.16. The number of hydrogen-bond acceptors (Lipinski definition) is 6. The van der Waals surface area contributed by atoms with Crippen LogP contribution in [0.4, 0.5) is 5.69 Å². The molecule has 0 radical (unpaired) electrons. The number of thioether (sulfide) groups is 1. The van der Waals surface area contributed by atoms with Crippen molar-refractivity contribution in [1.29, 1.82) is 0 Å². The third-order valence-electron chi connectivity index (χ3n) is 3.97. The summed E-state index contributed by atoms with van der Waals surface area (Å²) >= 11 is 18.8. The zero-order chi connectivity index (χ0) is 20.4. The summed E-state index contributed by atoms with van der Waals surface area (Å²) in [6.45, 7) is 0. The van der Waals surface area contributed by atoms with Gasteiger partial charge in [0.25, 0.3) is 5.91 Å². The molecule has 1 heterocycles. The highest BCUT2D eigenvalue weighted by Gasteiger charge is 2.34. The van der Waals surface area contributed by atoms with E-state index < -0.39 is 0 Å². The van der Waals surface area contributed by atoms with Gasteiger partial charge < -0.3 is 14.2 Å². The second-order valence-corrected chi connectivity index (χ2v) is 8.06. The largest absolute Gasteiger partial charge is 0.493 e. The van der Waals surface area contributed by atoms with E-state index in [1.54, 1.807) is 36.4 Å². The Hall–Kier alpha value is -1.93. The predicted octanol–water partition coefficient (Wildman–Crippen LogP) is 5.43. The van der Waals surface area contributed by atoms with Crippen LogP contribution >= 0.6 is 47.2 Å². The molecule has 1 saturated heterocycles. The van der Waals surface area contributed by atoms with E-state index in [0.717, 1.165) is 0 Å². The SMILES string of the molecule is COc1ccc(/C=C2\SC(=S)N(c3ccc(Cl)cc3Cl)C2=O)c(OC)c1OC.